The number of nitrogens with zero attached hydrogens (tertiary/aromatic N) is 1. The highest BCUT2D eigenvalue weighted by molar-refractivity contribution is 7.09. The molecule has 0 amide bonds. The zero-order chi connectivity index (χ0) is 15.9. The van der Waals surface area contributed by atoms with Gasteiger partial charge in [-0.3, -0.25) is 0 Å². The number of halogens is 1. The highest BCUT2D eigenvalue weighted by Gasteiger charge is 2.17. The summed E-state index contributed by atoms with van der Waals surface area (Å²) in [6.45, 7) is 5.51. The number of hydrogen-bond acceptors (Lipinski definition) is 5. The summed E-state index contributed by atoms with van der Waals surface area (Å²) in [6, 6.07) is 3.90. The first-order valence-electron chi connectivity index (χ1n) is 7.37. The lowest BCUT2D eigenvalue weighted by molar-refractivity contribution is 0.287. The van der Waals surface area contributed by atoms with Crippen LogP contribution in [0.4, 0.5) is 0 Å². The van der Waals surface area contributed by atoms with Crippen molar-refractivity contribution in [3.63, 3.8) is 0 Å². The Hall–Kier alpha value is -1.30. The van der Waals surface area contributed by atoms with Crippen LogP contribution < -0.4 is 15.2 Å². The van der Waals surface area contributed by atoms with Crippen molar-refractivity contribution < 1.29 is 9.47 Å². The molecule has 0 saturated carbocycles. The number of nitrogens with two attached hydrogens (primary N) is 1. The molecular weight excluding hydrogens is 320 g/mol. The Bertz CT molecular complexity index is 590. The first-order valence-corrected chi connectivity index (χ1v) is 8.62. The lowest BCUT2D eigenvalue weighted by Crippen LogP contribution is -2.15. The van der Waals surface area contributed by atoms with Gasteiger partial charge in [0.15, 0.2) is 11.5 Å². The summed E-state index contributed by atoms with van der Waals surface area (Å²) in [4.78, 5) is 4.36. The maximum atomic E-state index is 6.35. The monoisotopic (exact) mass is 340 g/mol. The Kier molecular flexibility index (Phi) is 6.49. The average Bonchev–Trinajstić information content (AvgIpc) is 3.03. The minimum absolute atomic E-state index is 0.184. The standard InChI is InChI=1S/C16H21ClN2O2S/c1-3-20-14-9-11(8-13(17)15(14)21-4-2)7-12(10-18)16-19-5-6-22-16/h5-6,8-9,12H,3-4,7,10,18H2,1-2H3. The van der Waals surface area contributed by atoms with E-state index in [0.717, 1.165) is 17.0 Å². The molecule has 0 fully saturated rings. The van der Waals surface area contributed by atoms with Crippen LogP contribution in [0.15, 0.2) is 23.7 Å². The van der Waals surface area contributed by atoms with Crippen molar-refractivity contribution in [1.29, 1.82) is 0 Å². The lowest BCUT2D eigenvalue weighted by atomic mass is 9.99. The Labute approximate surface area is 140 Å². The van der Waals surface area contributed by atoms with E-state index in [1.165, 1.54) is 0 Å². The van der Waals surface area contributed by atoms with Crippen molar-refractivity contribution in [2.45, 2.75) is 26.2 Å². The Morgan fingerprint density at radius 1 is 1.27 bits per heavy atom. The van der Waals surface area contributed by atoms with Gasteiger partial charge in [0.1, 0.15) is 0 Å². The van der Waals surface area contributed by atoms with Gasteiger partial charge in [-0.1, -0.05) is 11.6 Å². The molecule has 22 heavy (non-hydrogen) atoms. The number of thiazole rings is 1. The van der Waals surface area contributed by atoms with Gasteiger partial charge in [0, 0.05) is 24.0 Å². The molecule has 1 atom stereocenters. The second kappa shape index (κ2) is 8.36. The molecule has 6 heteroatoms. The molecule has 0 bridgehead atoms. The first kappa shape index (κ1) is 17.1. The molecule has 0 saturated heterocycles. The molecule has 0 spiro atoms. The summed E-state index contributed by atoms with van der Waals surface area (Å²) in [5.74, 6) is 1.47. The summed E-state index contributed by atoms with van der Waals surface area (Å²) in [7, 11) is 0. The van der Waals surface area contributed by atoms with E-state index in [0.29, 0.717) is 36.3 Å². The van der Waals surface area contributed by atoms with Gasteiger partial charge in [-0.2, -0.15) is 0 Å². The van der Waals surface area contributed by atoms with Crippen LogP contribution in [-0.2, 0) is 6.42 Å². The molecule has 1 aromatic heterocycles. The SMILES string of the molecule is CCOc1cc(CC(CN)c2nccs2)cc(Cl)c1OCC. The van der Waals surface area contributed by atoms with Gasteiger partial charge in [-0.05, 0) is 38.0 Å². The van der Waals surface area contributed by atoms with Gasteiger partial charge in [-0.15, -0.1) is 11.3 Å². The summed E-state index contributed by atoms with van der Waals surface area (Å²) < 4.78 is 11.3. The number of ether oxygens (including phenoxy) is 2. The molecule has 0 aliphatic carbocycles. The van der Waals surface area contributed by atoms with Crippen LogP contribution in [0.2, 0.25) is 5.02 Å². The molecule has 2 rings (SSSR count). The zero-order valence-electron chi connectivity index (χ0n) is 12.8. The fourth-order valence-corrected chi connectivity index (χ4v) is 3.32. The number of rotatable bonds is 8. The van der Waals surface area contributed by atoms with Crippen LogP contribution in [0.25, 0.3) is 0 Å². The molecule has 0 aliphatic heterocycles. The number of benzene rings is 1. The molecule has 0 radical (unpaired) electrons. The van der Waals surface area contributed by atoms with Gasteiger partial charge in [-0.25, -0.2) is 4.98 Å². The maximum absolute atomic E-state index is 6.35. The summed E-state index contributed by atoms with van der Waals surface area (Å²) in [5.41, 5.74) is 6.97. The van der Waals surface area contributed by atoms with Gasteiger partial charge in [0.05, 0.1) is 23.2 Å². The molecule has 1 heterocycles. The van der Waals surface area contributed by atoms with E-state index in [4.69, 9.17) is 26.8 Å². The third kappa shape index (κ3) is 4.12. The molecule has 1 aromatic carbocycles. The fraction of sp³-hybridized carbons (Fsp3) is 0.438. The third-order valence-electron chi connectivity index (χ3n) is 3.23. The number of hydrogen-bond donors (Lipinski definition) is 1. The second-order valence-corrected chi connectivity index (χ2v) is 6.11. The van der Waals surface area contributed by atoms with E-state index in [9.17, 15) is 0 Å². The van der Waals surface area contributed by atoms with Gasteiger partial charge in [0.25, 0.3) is 0 Å². The van der Waals surface area contributed by atoms with E-state index in [2.05, 4.69) is 4.98 Å². The molecule has 2 aromatic rings. The van der Waals surface area contributed by atoms with E-state index in [-0.39, 0.29) is 5.92 Å². The van der Waals surface area contributed by atoms with Crippen LogP contribution in [-0.4, -0.2) is 24.7 Å². The van der Waals surface area contributed by atoms with Crippen molar-refractivity contribution in [1.82, 2.24) is 4.98 Å². The minimum Gasteiger partial charge on any atom is -0.490 e. The van der Waals surface area contributed by atoms with Crippen LogP contribution >= 0.6 is 22.9 Å². The van der Waals surface area contributed by atoms with E-state index < -0.39 is 0 Å². The van der Waals surface area contributed by atoms with E-state index >= 15 is 0 Å². The average molecular weight is 341 g/mol. The highest BCUT2D eigenvalue weighted by atomic mass is 35.5. The smallest absolute Gasteiger partial charge is 0.179 e. The first-order chi connectivity index (χ1) is 10.7. The van der Waals surface area contributed by atoms with Crippen LogP contribution in [0.3, 0.4) is 0 Å². The van der Waals surface area contributed by atoms with Crippen molar-refractivity contribution in [3.05, 3.63) is 39.3 Å². The molecule has 2 N–H and O–H groups in total. The van der Waals surface area contributed by atoms with Gasteiger partial charge < -0.3 is 15.2 Å². The zero-order valence-corrected chi connectivity index (χ0v) is 14.4. The Morgan fingerprint density at radius 2 is 2.05 bits per heavy atom. The Morgan fingerprint density at radius 3 is 2.64 bits per heavy atom. The maximum Gasteiger partial charge on any atom is 0.179 e. The molecule has 4 nitrogen and oxygen atoms in total. The topological polar surface area (TPSA) is 57.4 Å². The van der Waals surface area contributed by atoms with Crippen molar-refractivity contribution in [2.24, 2.45) is 5.73 Å². The van der Waals surface area contributed by atoms with E-state index in [1.807, 2.05) is 31.4 Å². The molecule has 1 unspecified atom stereocenters. The Balaban J connectivity index is 2.27. The van der Waals surface area contributed by atoms with Crippen molar-refractivity contribution in [2.75, 3.05) is 19.8 Å². The van der Waals surface area contributed by atoms with E-state index in [1.54, 1.807) is 17.5 Å². The molecular formula is C16H21ClN2O2S. The quantitative estimate of drug-likeness (QED) is 0.792. The summed E-state index contributed by atoms with van der Waals surface area (Å²) >= 11 is 7.98. The molecule has 120 valence electrons. The van der Waals surface area contributed by atoms with Crippen LogP contribution in [0.1, 0.15) is 30.3 Å². The van der Waals surface area contributed by atoms with Crippen molar-refractivity contribution >= 4 is 22.9 Å². The van der Waals surface area contributed by atoms with Crippen LogP contribution in [0.5, 0.6) is 11.5 Å². The molecule has 0 aliphatic rings. The van der Waals surface area contributed by atoms with Gasteiger partial charge in [0.2, 0.25) is 0 Å². The normalized spacial score (nSPS) is 12.2. The largest absolute Gasteiger partial charge is 0.490 e. The summed E-state index contributed by atoms with van der Waals surface area (Å²) in [6.07, 6.45) is 2.58. The minimum atomic E-state index is 0.184. The van der Waals surface area contributed by atoms with Crippen molar-refractivity contribution in [3.8, 4) is 11.5 Å². The number of aromatic nitrogens is 1. The predicted molar refractivity (Wildman–Crippen MR) is 91.4 cm³/mol. The van der Waals surface area contributed by atoms with Crippen LogP contribution in [0, 0.1) is 0 Å². The second-order valence-electron chi connectivity index (χ2n) is 4.78. The predicted octanol–water partition coefficient (Wildman–Crippen LogP) is 3.88. The van der Waals surface area contributed by atoms with Gasteiger partial charge >= 0.3 is 0 Å². The fourth-order valence-electron chi connectivity index (χ4n) is 2.28. The summed E-state index contributed by atoms with van der Waals surface area (Å²) in [5, 5.41) is 3.58. The highest BCUT2D eigenvalue weighted by Crippen LogP contribution is 2.38. The lowest BCUT2D eigenvalue weighted by Gasteiger charge is -2.16. The third-order valence-corrected chi connectivity index (χ3v) is 4.44.